The zero-order chi connectivity index (χ0) is 9.94. The number of rotatable bonds is 2. The smallest absolute Gasteiger partial charge is 0.395 e. The molecule has 3 nitrogen and oxygen atoms in total. The Morgan fingerprint density at radius 1 is 1.25 bits per heavy atom. The highest BCUT2D eigenvalue weighted by molar-refractivity contribution is 5.75. The second kappa shape index (κ2) is 3.90. The third kappa shape index (κ3) is 2.81. The lowest BCUT2D eigenvalue weighted by Crippen LogP contribution is -2.50. The SMILES string of the molecule is COC(C(C)[N+](C)(C)C)=[N+](C)C. The molecule has 72 valence electrons. The van der Waals surface area contributed by atoms with Crippen LogP contribution in [0.4, 0.5) is 0 Å². The molecule has 0 radical (unpaired) electrons. The van der Waals surface area contributed by atoms with E-state index in [2.05, 4.69) is 28.1 Å². The molecule has 0 rings (SSSR count). The summed E-state index contributed by atoms with van der Waals surface area (Å²) in [5.41, 5.74) is 0. The lowest BCUT2D eigenvalue weighted by molar-refractivity contribution is -0.886. The molecule has 0 aliphatic heterocycles. The van der Waals surface area contributed by atoms with Crippen LogP contribution >= 0.6 is 0 Å². The molecule has 0 saturated carbocycles. The molecular weight excluding hydrogens is 152 g/mol. The monoisotopic (exact) mass is 174 g/mol. The molecule has 0 aliphatic carbocycles. The van der Waals surface area contributed by atoms with Crippen LogP contribution in [-0.2, 0) is 4.74 Å². The normalized spacial score (nSPS) is 13.9. The molecule has 0 N–H and O–H groups in total. The molecule has 1 atom stereocenters. The molecule has 0 fully saturated rings. The van der Waals surface area contributed by atoms with Crippen molar-refractivity contribution in [2.75, 3.05) is 42.3 Å². The maximum absolute atomic E-state index is 5.33. The van der Waals surface area contributed by atoms with Crippen LogP contribution in [0, 0.1) is 0 Å². The van der Waals surface area contributed by atoms with Gasteiger partial charge in [0.2, 0.25) is 6.04 Å². The predicted octanol–water partition coefficient (Wildman–Crippen LogP) is 0.398. The fourth-order valence-electron chi connectivity index (χ4n) is 1.06. The summed E-state index contributed by atoms with van der Waals surface area (Å²) in [4.78, 5) is 0. The number of hydrogen-bond acceptors (Lipinski definition) is 1. The molecule has 0 aromatic carbocycles. The Kier molecular flexibility index (Phi) is 3.71. The number of methoxy groups -OCH3 is 1. The Morgan fingerprint density at radius 2 is 1.67 bits per heavy atom. The minimum absolute atomic E-state index is 0.380. The topological polar surface area (TPSA) is 12.2 Å². The van der Waals surface area contributed by atoms with Crippen molar-refractivity contribution >= 4 is 5.90 Å². The number of ether oxygens (including phenoxy) is 1. The molecule has 0 saturated heterocycles. The Balaban J connectivity index is 4.67. The van der Waals surface area contributed by atoms with Crippen LogP contribution in [0.2, 0.25) is 0 Å². The van der Waals surface area contributed by atoms with Gasteiger partial charge in [-0.1, -0.05) is 0 Å². The molecule has 0 spiro atoms. The van der Waals surface area contributed by atoms with E-state index in [0.29, 0.717) is 6.04 Å². The maximum Gasteiger partial charge on any atom is 0.395 e. The zero-order valence-corrected chi connectivity index (χ0v) is 9.38. The van der Waals surface area contributed by atoms with Gasteiger partial charge in [0.1, 0.15) is 14.1 Å². The summed E-state index contributed by atoms with van der Waals surface area (Å²) in [5, 5.41) is 0. The lowest BCUT2D eigenvalue weighted by atomic mass is 10.2. The first-order valence-electron chi connectivity index (χ1n) is 4.20. The lowest BCUT2D eigenvalue weighted by Gasteiger charge is -2.29. The number of nitrogens with zero attached hydrogens (tertiary/aromatic N) is 2. The van der Waals surface area contributed by atoms with Crippen molar-refractivity contribution < 1.29 is 13.8 Å². The van der Waals surface area contributed by atoms with Crippen molar-refractivity contribution in [1.29, 1.82) is 0 Å². The van der Waals surface area contributed by atoms with Crippen LogP contribution < -0.4 is 0 Å². The summed E-state index contributed by atoms with van der Waals surface area (Å²) < 4.78 is 8.23. The van der Waals surface area contributed by atoms with Gasteiger partial charge in [-0.05, 0) is 0 Å². The Labute approximate surface area is 75.8 Å². The van der Waals surface area contributed by atoms with Crippen molar-refractivity contribution in [3.8, 4) is 0 Å². The minimum Gasteiger partial charge on any atom is -0.447 e. The van der Waals surface area contributed by atoms with Gasteiger partial charge in [0.25, 0.3) is 0 Å². The molecule has 3 heteroatoms. The van der Waals surface area contributed by atoms with E-state index in [1.807, 2.05) is 18.7 Å². The Bertz CT molecular complexity index is 175. The molecule has 1 unspecified atom stereocenters. The second-order valence-corrected chi connectivity index (χ2v) is 4.23. The highest BCUT2D eigenvalue weighted by atomic mass is 16.5. The highest BCUT2D eigenvalue weighted by Crippen LogP contribution is 2.04. The van der Waals surface area contributed by atoms with E-state index >= 15 is 0 Å². The number of likely N-dealkylation sites (N-methyl/N-ethyl adjacent to an activating group) is 1. The van der Waals surface area contributed by atoms with Gasteiger partial charge in [0.05, 0.1) is 28.3 Å². The van der Waals surface area contributed by atoms with Gasteiger partial charge in [-0.25, -0.2) is 4.58 Å². The molecule has 12 heavy (non-hydrogen) atoms. The largest absolute Gasteiger partial charge is 0.447 e. The van der Waals surface area contributed by atoms with E-state index < -0.39 is 0 Å². The van der Waals surface area contributed by atoms with Gasteiger partial charge in [-0.3, -0.25) is 0 Å². The minimum atomic E-state index is 0.380. The van der Waals surface area contributed by atoms with Crippen LogP contribution in [0.3, 0.4) is 0 Å². The quantitative estimate of drug-likeness (QED) is 0.255. The second-order valence-electron chi connectivity index (χ2n) is 4.23. The van der Waals surface area contributed by atoms with Crippen molar-refractivity contribution in [3.63, 3.8) is 0 Å². The van der Waals surface area contributed by atoms with Crippen molar-refractivity contribution in [3.05, 3.63) is 0 Å². The molecule has 0 aromatic heterocycles. The van der Waals surface area contributed by atoms with Crippen molar-refractivity contribution in [2.24, 2.45) is 0 Å². The number of quaternary nitrogens is 1. The van der Waals surface area contributed by atoms with Crippen LogP contribution in [0.1, 0.15) is 6.92 Å². The Hall–Kier alpha value is -0.570. The zero-order valence-electron chi connectivity index (χ0n) is 9.38. The van der Waals surface area contributed by atoms with E-state index in [1.165, 1.54) is 0 Å². The molecule has 0 amide bonds. The van der Waals surface area contributed by atoms with E-state index in [4.69, 9.17) is 4.74 Å². The van der Waals surface area contributed by atoms with Crippen LogP contribution in [0.15, 0.2) is 0 Å². The third-order valence-electron chi connectivity index (χ3n) is 2.17. The van der Waals surface area contributed by atoms with Crippen molar-refractivity contribution in [2.45, 2.75) is 13.0 Å². The Morgan fingerprint density at radius 3 is 1.75 bits per heavy atom. The summed E-state index contributed by atoms with van der Waals surface area (Å²) in [7, 11) is 12.2. The van der Waals surface area contributed by atoms with E-state index in [1.54, 1.807) is 7.11 Å². The average Bonchev–Trinajstić information content (AvgIpc) is 1.86. The fraction of sp³-hybridized carbons (Fsp3) is 0.889. The standard InChI is InChI=1S/C9H22N2O/c1-8(11(4,5)6)9(12-7)10(2)3/h8H,1-7H3/q+2. The van der Waals surface area contributed by atoms with Crippen molar-refractivity contribution in [1.82, 2.24) is 0 Å². The first-order chi connectivity index (χ1) is 5.30. The molecule has 0 aliphatic rings. The first kappa shape index (κ1) is 11.4. The van der Waals surface area contributed by atoms with Gasteiger partial charge in [0, 0.05) is 6.92 Å². The first-order valence-corrected chi connectivity index (χ1v) is 4.20. The molecule has 0 heterocycles. The van der Waals surface area contributed by atoms with E-state index in [0.717, 1.165) is 10.4 Å². The fourth-order valence-corrected chi connectivity index (χ4v) is 1.06. The van der Waals surface area contributed by atoms with Crippen LogP contribution in [0.5, 0.6) is 0 Å². The highest BCUT2D eigenvalue weighted by Gasteiger charge is 2.30. The summed E-state index contributed by atoms with van der Waals surface area (Å²) in [6.45, 7) is 2.17. The van der Waals surface area contributed by atoms with Gasteiger partial charge in [-0.2, -0.15) is 0 Å². The number of hydrogen-bond donors (Lipinski definition) is 0. The van der Waals surface area contributed by atoms with Gasteiger partial charge >= 0.3 is 5.90 Å². The third-order valence-corrected chi connectivity index (χ3v) is 2.17. The molecule has 0 bridgehead atoms. The van der Waals surface area contributed by atoms with Gasteiger partial charge < -0.3 is 9.22 Å². The predicted molar refractivity (Wildman–Crippen MR) is 51.6 cm³/mol. The van der Waals surface area contributed by atoms with E-state index in [-0.39, 0.29) is 0 Å². The molecule has 0 aromatic rings. The van der Waals surface area contributed by atoms with Crippen LogP contribution in [0.25, 0.3) is 0 Å². The molecular formula is C9H22N2O+2. The van der Waals surface area contributed by atoms with Crippen LogP contribution in [-0.4, -0.2) is 63.3 Å². The summed E-state index contributed by atoms with van der Waals surface area (Å²) >= 11 is 0. The average molecular weight is 174 g/mol. The van der Waals surface area contributed by atoms with E-state index in [9.17, 15) is 0 Å². The van der Waals surface area contributed by atoms with Gasteiger partial charge in [0.15, 0.2) is 0 Å². The maximum atomic E-state index is 5.33. The summed E-state index contributed by atoms with van der Waals surface area (Å²) in [5.74, 6) is 1.02. The van der Waals surface area contributed by atoms with Gasteiger partial charge in [-0.15, -0.1) is 0 Å². The summed E-state index contributed by atoms with van der Waals surface area (Å²) in [6, 6.07) is 0.380. The summed E-state index contributed by atoms with van der Waals surface area (Å²) in [6.07, 6.45) is 0.